The number of rotatable bonds is 6. The van der Waals surface area contributed by atoms with Crippen LogP contribution in [-0.4, -0.2) is 83.7 Å². The number of hydrogen-bond donors (Lipinski definition) is 1. The normalized spacial score (nSPS) is 15.3. The Labute approximate surface area is 192 Å². The molecule has 11 nitrogen and oxygen atoms in total. The number of carbonyl (C=O) groups excluding carboxylic acids is 1. The van der Waals surface area contributed by atoms with E-state index < -0.39 is 10.0 Å². The maximum Gasteiger partial charge on any atom is 0.272 e. The fourth-order valence-electron chi connectivity index (χ4n) is 3.84. The third-order valence-corrected chi connectivity index (χ3v) is 7.44. The number of methoxy groups -OCH3 is 2. The van der Waals surface area contributed by atoms with E-state index in [1.54, 1.807) is 50.4 Å². The van der Waals surface area contributed by atoms with Gasteiger partial charge in [-0.25, -0.2) is 13.4 Å². The van der Waals surface area contributed by atoms with E-state index in [0.29, 0.717) is 48.0 Å². The molecule has 0 bridgehead atoms. The molecule has 2 aromatic heterocycles. The number of sulfonamides is 1. The van der Waals surface area contributed by atoms with Crippen molar-refractivity contribution in [2.45, 2.75) is 11.4 Å². The molecule has 1 fully saturated rings. The standard InChI is InChI=1S/C21H26N6O5S/c1-25-18(12-17(24-25)16-11-15(31-2)5-6-19(16)32-3)21(28)26-7-4-8-27(10-9-26)33(29,30)20-13-22-14-23-20/h5-6,11-14H,4,7-10H2,1-3H3,(H,22,23). The number of aromatic amines is 1. The van der Waals surface area contributed by atoms with Crippen molar-refractivity contribution in [2.75, 3.05) is 40.4 Å². The summed E-state index contributed by atoms with van der Waals surface area (Å²) in [5.41, 5.74) is 1.69. The van der Waals surface area contributed by atoms with E-state index in [-0.39, 0.29) is 24.0 Å². The zero-order valence-corrected chi connectivity index (χ0v) is 19.5. The van der Waals surface area contributed by atoms with Crippen molar-refractivity contribution < 1.29 is 22.7 Å². The minimum absolute atomic E-state index is 0.0470. The van der Waals surface area contributed by atoms with Gasteiger partial charge in [-0.1, -0.05) is 0 Å². The predicted octanol–water partition coefficient (Wildman–Crippen LogP) is 1.36. The fourth-order valence-corrected chi connectivity index (χ4v) is 5.20. The molecular weight excluding hydrogens is 448 g/mol. The topological polar surface area (TPSA) is 123 Å². The predicted molar refractivity (Wildman–Crippen MR) is 120 cm³/mol. The molecule has 0 unspecified atom stereocenters. The fraction of sp³-hybridized carbons (Fsp3) is 0.381. The first-order chi connectivity index (χ1) is 15.8. The van der Waals surface area contributed by atoms with E-state index in [1.165, 1.54) is 21.5 Å². The number of nitrogens with one attached hydrogen (secondary N) is 1. The molecule has 4 rings (SSSR count). The van der Waals surface area contributed by atoms with Gasteiger partial charge in [0, 0.05) is 38.8 Å². The number of carbonyl (C=O) groups is 1. The molecule has 1 saturated heterocycles. The summed E-state index contributed by atoms with van der Waals surface area (Å²) in [5.74, 6) is 1.05. The molecule has 1 aliphatic heterocycles. The number of amides is 1. The number of ether oxygens (including phenoxy) is 2. The van der Waals surface area contributed by atoms with E-state index >= 15 is 0 Å². The first kappa shape index (κ1) is 22.8. The van der Waals surface area contributed by atoms with Gasteiger partial charge < -0.3 is 19.4 Å². The van der Waals surface area contributed by atoms with Crippen LogP contribution in [0.4, 0.5) is 0 Å². The number of imidazole rings is 1. The van der Waals surface area contributed by atoms with E-state index in [0.717, 1.165) is 0 Å². The molecule has 1 N–H and O–H groups in total. The molecule has 0 saturated carbocycles. The van der Waals surface area contributed by atoms with Gasteiger partial charge in [-0.15, -0.1) is 0 Å². The Morgan fingerprint density at radius 3 is 2.61 bits per heavy atom. The maximum absolute atomic E-state index is 13.3. The van der Waals surface area contributed by atoms with Gasteiger partial charge in [0.15, 0.2) is 5.03 Å². The lowest BCUT2D eigenvalue weighted by Crippen LogP contribution is -2.38. The Bertz CT molecular complexity index is 1240. The van der Waals surface area contributed by atoms with Gasteiger partial charge in [0.2, 0.25) is 0 Å². The molecule has 3 heterocycles. The molecule has 1 amide bonds. The Kier molecular flexibility index (Phi) is 6.38. The van der Waals surface area contributed by atoms with Crippen LogP contribution in [0, 0.1) is 0 Å². The largest absolute Gasteiger partial charge is 0.497 e. The van der Waals surface area contributed by atoms with Crippen LogP contribution in [0.1, 0.15) is 16.9 Å². The van der Waals surface area contributed by atoms with Crippen LogP contribution in [0.2, 0.25) is 0 Å². The highest BCUT2D eigenvalue weighted by Crippen LogP contribution is 2.33. The molecule has 3 aromatic rings. The van der Waals surface area contributed by atoms with Gasteiger partial charge in [0.25, 0.3) is 15.9 Å². The van der Waals surface area contributed by atoms with Gasteiger partial charge in [0.1, 0.15) is 17.2 Å². The summed E-state index contributed by atoms with van der Waals surface area (Å²) in [6, 6.07) is 7.09. The SMILES string of the molecule is COc1ccc(OC)c(-c2cc(C(=O)N3CCCN(S(=O)(=O)c4cnc[nH]4)CC3)n(C)n2)c1. The van der Waals surface area contributed by atoms with Crippen molar-refractivity contribution in [3.05, 3.63) is 42.5 Å². The van der Waals surface area contributed by atoms with Crippen molar-refractivity contribution in [3.63, 3.8) is 0 Å². The molecule has 0 atom stereocenters. The quantitative estimate of drug-likeness (QED) is 0.572. The van der Waals surface area contributed by atoms with Crippen molar-refractivity contribution >= 4 is 15.9 Å². The van der Waals surface area contributed by atoms with Gasteiger partial charge in [0.05, 0.1) is 32.4 Å². The summed E-state index contributed by atoms with van der Waals surface area (Å²) in [5, 5.41) is 4.56. The number of benzene rings is 1. The highest BCUT2D eigenvalue weighted by Gasteiger charge is 2.30. The molecule has 0 aliphatic carbocycles. The van der Waals surface area contributed by atoms with E-state index in [4.69, 9.17) is 9.47 Å². The van der Waals surface area contributed by atoms with Gasteiger partial charge in [-0.2, -0.15) is 9.40 Å². The second kappa shape index (κ2) is 9.24. The first-order valence-electron chi connectivity index (χ1n) is 10.4. The summed E-state index contributed by atoms with van der Waals surface area (Å²) in [6.07, 6.45) is 3.14. The highest BCUT2D eigenvalue weighted by molar-refractivity contribution is 7.89. The lowest BCUT2D eigenvalue weighted by atomic mass is 10.1. The third kappa shape index (κ3) is 4.44. The zero-order chi connectivity index (χ0) is 23.6. The van der Waals surface area contributed by atoms with E-state index in [2.05, 4.69) is 15.1 Å². The van der Waals surface area contributed by atoms with Crippen molar-refractivity contribution in [3.8, 4) is 22.8 Å². The van der Waals surface area contributed by atoms with Crippen LogP contribution in [0.3, 0.4) is 0 Å². The van der Waals surface area contributed by atoms with Crippen LogP contribution < -0.4 is 9.47 Å². The maximum atomic E-state index is 13.3. The third-order valence-electron chi connectivity index (χ3n) is 5.61. The van der Waals surface area contributed by atoms with Crippen LogP contribution >= 0.6 is 0 Å². The van der Waals surface area contributed by atoms with Crippen molar-refractivity contribution in [1.82, 2.24) is 29.0 Å². The highest BCUT2D eigenvalue weighted by atomic mass is 32.2. The molecule has 33 heavy (non-hydrogen) atoms. The van der Waals surface area contributed by atoms with Crippen molar-refractivity contribution in [1.29, 1.82) is 0 Å². The summed E-state index contributed by atoms with van der Waals surface area (Å²) < 4.78 is 39.2. The number of H-pyrrole nitrogens is 1. The number of hydrogen-bond acceptors (Lipinski definition) is 7. The number of aromatic nitrogens is 4. The second-order valence-corrected chi connectivity index (χ2v) is 9.48. The van der Waals surface area contributed by atoms with Crippen LogP contribution in [0.5, 0.6) is 11.5 Å². The van der Waals surface area contributed by atoms with Gasteiger partial charge in [-0.05, 0) is 30.7 Å². The van der Waals surface area contributed by atoms with Gasteiger partial charge >= 0.3 is 0 Å². The average molecular weight is 475 g/mol. The second-order valence-electron chi connectivity index (χ2n) is 7.57. The monoisotopic (exact) mass is 474 g/mol. The van der Waals surface area contributed by atoms with Crippen molar-refractivity contribution in [2.24, 2.45) is 7.05 Å². The van der Waals surface area contributed by atoms with Gasteiger partial charge in [-0.3, -0.25) is 9.48 Å². The van der Waals surface area contributed by atoms with Crippen LogP contribution in [-0.2, 0) is 17.1 Å². The molecule has 1 aliphatic rings. The number of aryl methyl sites for hydroxylation is 1. The Morgan fingerprint density at radius 1 is 1.09 bits per heavy atom. The molecule has 1 aromatic carbocycles. The Balaban J connectivity index is 1.54. The molecule has 176 valence electrons. The Hall–Kier alpha value is -3.38. The zero-order valence-electron chi connectivity index (χ0n) is 18.7. The minimum Gasteiger partial charge on any atom is -0.497 e. The average Bonchev–Trinajstić information content (AvgIpc) is 3.42. The number of nitrogens with zero attached hydrogens (tertiary/aromatic N) is 5. The first-order valence-corrected chi connectivity index (χ1v) is 11.8. The van der Waals surface area contributed by atoms with Crippen LogP contribution in [0.15, 0.2) is 41.8 Å². The van der Waals surface area contributed by atoms with Crippen LogP contribution in [0.25, 0.3) is 11.3 Å². The van der Waals surface area contributed by atoms with E-state index in [9.17, 15) is 13.2 Å². The molecule has 12 heteroatoms. The molecule has 0 radical (unpaired) electrons. The molecular formula is C21H26N6O5S. The minimum atomic E-state index is -3.68. The lowest BCUT2D eigenvalue weighted by Gasteiger charge is -2.21. The molecule has 0 spiro atoms. The lowest BCUT2D eigenvalue weighted by molar-refractivity contribution is 0.0753. The van der Waals surface area contributed by atoms with E-state index in [1.807, 2.05) is 0 Å². The summed E-state index contributed by atoms with van der Waals surface area (Å²) in [6.45, 7) is 1.23. The summed E-state index contributed by atoms with van der Waals surface area (Å²) in [7, 11) is 1.18. The summed E-state index contributed by atoms with van der Waals surface area (Å²) >= 11 is 0. The summed E-state index contributed by atoms with van der Waals surface area (Å²) in [4.78, 5) is 21.4. The Morgan fingerprint density at radius 2 is 1.91 bits per heavy atom. The smallest absolute Gasteiger partial charge is 0.272 e.